The molecule has 1 aliphatic rings. The van der Waals surface area contributed by atoms with E-state index in [0.717, 1.165) is 18.7 Å². The molecule has 1 aromatic carbocycles. The molecule has 2 heterocycles. The van der Waals surface area contributed by atoms with Crippen LogP contribution >= 0.6 is 11.6 Å². The van der Waals surface area contributed by atoms with E-state index < -0.39 is 0 Å². The Kier molecular flexibility index (Phi) is 3.67. The van der Waals surface area contributed by atoms with Crippen molar-refractivity contribution < 1.29 is 4.79 Å². The highest BCUT2D eigenvalue weighted by Crippen LogP contribution is 2.17. The summed E-state index contributed by atoms with van der Waals surface area (Å²) in [7, 11) is 0. The van der Waals surface area contributed by atoms with Crippen molar-refractivity contribution in [2.24, 2.45) is 0 Å². The van der Waals surface area contributed by atoms with Gasteiger partial charge in [-0.05, 0) is 22.8 Å². The first-order chi connectivity index (χ1) is 9.74. The third-order valence-electron chi connectivity index (χ3n) is 3.37. The lowest BCUT2D eigenvalue weighted by Gasteiger charge is -2.08. The van der Waals surface area contributed by atoms with E-state index in [1.165, 1.54) is 17.3 Å². The van der Waals surface area contributed by atoms with Gasteiger partial charge in [0.15, 0.2) is 0 Å². The fraction of sp³-hybridized carbons (Fsp3) is 0.200. The summed E-state index contributed by atoms with van der Waals surface area (Å²) < 4.78 is 0. The molecule has 0 fully saturated rings. The molecule has 0 atom stereocenters. The van der Waals surface area contributed by atoms with E-state index in [0.29, 0.717) is 17.1 Å². The summed E-state index contributed by atoms with van der Waals surface area (Å²) in [5, 5.41) is 6.54. The molecule has 3 rings (SSSR count). The fourth-order valence-electron chi connectivity index (χ4n) is 2.29. The Morgan fingerprint density at radius 3 is 3.00 bits per heavy atom. The normalized spacial score (nSPS) is 13.1. The molecule has 0 spiro atoms. The smallest absolute Gasteiger partial charge is 0.253 e. The van der Waals surface area contributed by atoms with Gasteiger partial charge >= 0.3 is 0 Å². The quantitative estimate of drug-likeness (QED) is 0.910. The van der Waals surface area contributed by atoms with E-state index in [2.05, 4.69) is 27.8 Å². The van der Waals surface area contributed by atoms with Gasteiger partial charge in [-0.1, -0.05) is 29.8 Å². The zero-order valence-electron chi connectivity index (χ0n) is 10.8. The summed E-state index contributed by atoms with van der Waals surface area (Å²) in [4.78, 5) is 15.9. The summed E-state index contributed by atoms with van der Waals surface area (Å²) >= 11 is 5.95. The summed E-state index contributed by atoms with van der Waals surface area (Å²) in [6, 6.07) is 7.89. The Balaban J connectivity index is 1.68. The Hall–Kier alpha value is -1.91. The molecule has 0 unspecified atom stereocenters. The first kappa shape index (κ1) is 13.1. The van der Waals surface area contributed by atoms with Gasteiger partial charge in [0.1, 0.15) is 0 Å². The number of rotatable bonds is 3. The van der Waals surface area contributed by atoms with E-state index in [9.17, 15) is 4.79 Å². The van der Waals surface area contributed by atoms with Crippen LogP contribution in [0.4, 0.5) is 0 Å². The summed E-state index contributed by atoms with van der Waals surface area (Å²) in [5.74, 6) is -0.184. The number of nitrogens with one attached hydrogen (secondary N) is 2. The van der Waals surface area contributed by atoms with Crippen LogP contribution in [0.5, 0.6) is 0 Å². The number of amides is 1. The second-order valence-corrected chi connectivity index (χ2v) is 5.15. The Bertz CT molecular complexity index is 657. The van der Waals surface area contributed by atoms with E-state index in [1.54, 1.807) is 12.3 Å². The maximum Gasteiger partial charge on any atom is 0.253 e. The zero-order chi connectivity index (χ0) is 13.9. The Labute approximate surface area is 122 Å². The predicted octanol–water partition coefficient (Wildman–Crippen LogP) is 2.27. The second kappa shape index (κ2) is 5.61. The van der Waals surface area contributed by atoms with Crippen LogP contribution < -0.4 is 10.6 Å². The number of aromatic nitrogens is 1. The standard InChI is InChI=1S/C15H14ClN3O/c16-14-9-17-4-3-13(14)15(20)19-6-10-1-2-11-7-18-8-12(11)5-10/h1-5,9,18H,6-8H2,(H,19,20). The number of hydrogen-bond donors (Lipinski definition) is 2. The molecule has 1 aromatic heterocycles. The zero-order valence-corrected chi connectivity index (χ0v) is 11.6. The molecule has 20 heavy (non-hydrogen) atoms. The molecule has 0 saturated heterocycles. The van der Waals surface area contributed by atoms with E-state index in [1.807, 2.05) is 6.07 Å². The molecule has 102 valence electrons. The van der Waals surface area contributed by atoms with Crippen LogP contribution in [0.3, 0.4) is 0 Å². The lowest BCUT2D eigenvalue weighted by atomic mass is 10.1. The Morgan fingerprint density at radius 1 is 1.30 bits per heavy atom. The number of nitrogens with zero attached hydrogens (tertiary/aromatic N) is 1. The molecule has 4 nitrogen and oxygen atoms in total. The molecule has 0 bridgehead atoms. The topological polar surface area (TPSA) is 54.0 Å². The van der Waals surface area contributed by atoms with Gasteiger partial charge in [-0.25, -0.2) is 0 Å². The monoisotopic (exact) mass is 287 g/mol. The average Bonchev–Trinajstić information content (AvgIpc) is 2.92. The summed E-state index contributed by atoms with van der Waals surface area (Å²) in [6.45, 7) is 2.31. The van der Waals surface area contributed by atoms with Gasteiger partial charge in [-0.2, -0.15) is 0 Å². The van der Waals surface area contributed by atoms with Crippen LogP contribution in [0.1, 0.15) is 27.0 Å². The van der Waals surface area contributed by atoms with Crippen molar-refractivity contribution in [2.45, 2.75) is 19.6 Å². The number of hydrogen-bond acceptors (Lipinski definition) is 3. The molecule has 0 saturated carbocycles. The van der Waals surface area contributed by atoms with E-state index in [4.69, 9.17) is 11.6 Å². The molecule has 1 aliphatic heterocycles. The molecule has 0 aliphatic carbocycles. The van der Waals surface area contributed by atoms with Crippen molar-refractivity contribution in [3.05, 3.63) is 63.9 Å². The van der Waals surface area contributed by atoms with Gasteiger partial charge in [0, 0.05) is 32.0 Å². The van der Waals surface area contributed by atoms with Crippen LogP contribution in [0.15, 0.2) is 36.7 Å². The minimum atomic E-state index is -0.184. The molecule has 0 radical (unpaired) electrons. The molecular weight excluding hydrogens is 274 g/mol. The van der Waals surface area contributed by atoms with Crippen LogP contribution in [0.2, 0.25) is 5.02 Å². The summed E-state index contributed by atoms with van der Waals surface area (Å²) in [6.07, 6.45) is 3.03. The van der Waals surface area contributed by atoms with Gasteiger partial charge < -0.3 is 10.6 Å². The largest absolute Gasteiger partial charge is 0.348 e. The fourth-order valence-corrected chi connectivity index (χ4v) is 2.50. The van der Waals surface area contributed by atoms with Crippen molar-refractivity contribution in [1.29, 1.82) is 0 Å². The minimum Gasteiger partial charge on any atom is -0.348 e. The maximum atomic E-state index is 12.0. The average molecular weight is 288 g/mol. The lowest BCUT2D eigenvalue weighted by molar-refractivity contribution is 0.0951. The number of carbonyl (C=O) groups is 1. The number of carbonyl (C=O) groups excluding carboxylic acids is 1. The van der Waals surface area contributed by atoms with Crippen molar-refractivity contribution in [2.75, 3.05) is 0 Å². The van der Waals surface area contributed by atoms with Crippen molar-refractivity contribution in [1.82, 2.24) is 15.6 Å². The van der Waals surface area contributed by atoms with E-state index >= 15 is 0 Å². The third kappa shape index (κ3) is 2.66. The van der Waals surface area contributed by atoms with Crippen LogP contribution in [-0.4, -0.2) is 10.9 Å². The molecule has 1 amide bonds. The van der Waals surface area contributed by atoms with Crippen molar-refractivity contribution in [3.63, 3.8) is 0 Å². The van der Waals surface area contributed by atoms with Gasteiger partial charge in [0.25, 0.3) is 5.91 Å². The van der Waals surface area contributed by atoms with Crippen LogP contribution in [0, 0.1) is 0 Å². The highest BCUT2D eigenvalue weighted by Gasteiger charge is 2.12. The first-order valence-corrected chi connectivity index (χ1v) is 6.81. The van der Waals surface area contributed by atoms with Gasteiger partial charge in [0.05, 0.1) is 10.6 Å². The number of fused-ring (bicyclic) bond motifs is 1. The van der Waals surface area contributed by atoms with Crippen molar-refractivity contribution in [3.8, 4) is 0 Å². The van der Waals surface area contributed by atoms with E-state index in [-0.39, 0.29) is 5.91 Å². The van der Waals surface area contributed by atoms with Crippen LogP contribution in [0.25, 0.3) is 0 Å². The highest BCUT2D eigenvalue weighted by molar-refractivity contribution is 6.33. The second-order valence-electron chi connectivity index (χ2n) is 4.74. The van der Waals surface area contributed by atoms with Crippen molar-refractivity contribution >= 4 is 17.5 Å². The highest BCUT2D eigenvalue weighted by atomic mass is 35.5. The Morgan fingerprint density at radius 2 is 2.15 bits per heavy atom. The van der Waals surface area contributed by atoms with Gasteiger partial charge in [0.2, 0.25) is 0 Å². The van der Waals surface area contributed by atoms with Crippen LogP contribution in [-0.2, 0) is 19.6 Å². The van der Waals surface area contributed by atoms with Gasteiger partial charge in [-0.3, -0.25) is 9.78 Å². The molecular formula is C15H14ClN3O. The molecule has 5 heteroatoms. The maximum absolute atomic E-state index is 12.0. The summed E-state index contributed by atoms with van der Waals surface area (Å²) in [5.41, 5.74) is 4.17. The molecule has 2 N–H and O–H groups in total. The first-order valence-electron chi connectivity index (χ1n) is 6.43. The lowest BCUT2D eigenvalue weighted by Crippen LogP contribution is -2.23. The predicted molar refractivity (Wildman–Crippen MR) is 77.4 cm³/mol. The number of pyridine rings is 1. The molecule has 2 aromatic rings. The number of benzene rings is 1. The SMILES string of the molecule is O=C(NCc1ccc2c(c1)CNC2)c1ccncc1Cl. The van der Waals surface area contributed by atoms with Gasteiger partial charge in [-0.15, -0.1) is 0 Å². The minimum absolute atomic E-state index is 0.184. The number of halogens is 1. The third-order valence-corrected chi connectivity index (χ3v) is 3.67.